The largest absolute Gasteiger partial charge is 0.508 e. The summed E-state index contributed by atoms with van der Waals surface area (Å²) < 4.78 is 5.71. The predicted molar refractivity (Wildman–Crippen MR) is 138 cm³/mol. The van der Waals surface area contributed by atoms with E-state index in [1.807, 2.05) is 36.4 Å². The van der Waals surface area contributed by atoms with E-state index in [1.54, 1.807) is 48.5 Å². The van der Waals surface area contributed by atoms with Crippen LogP contribution in [0.25, 0.3) is 10.8 Å². The van der Waals surface area contributed by atoms with Gasteiger partial charge >= 0.3 is 6.09 Å². The second-order valence-electron chi connectivity index (χ2n) is 7.85. The number of para-hydroxylation sites is 2. The van der Waals surface area contributed by atoms with E-state index in [1.165, 1.54) is 18.2 Å². The van der Waals surface area contributed by atoms with Crippen LogP contribution >= 0.6 is 0 Å². The normalized spacial score (nSPS) is 11.8. The van der Waals surface area contributed by atoms with E-state index in [0.29, 0.717) is 22.6 Å². The van der Waals surface area contributed by atoms with Gasteiger partial charge in [0.2, 0.25) is 5.91 Å². The predicted octanol–water partition coefficient (Wildman–Crippen LogP) is 6.00. The Labute approximate surface area is 202 Å². The van der Waals surface area contributed by atoms with Crippen molar-refractivity contribution in [1.29, 1.82) is 0 Å². The summed E-state index contributed by atoms with van der Waals surface area (Å²) in [6.07, 6.45) is 1.92. The van der Waals surface area contributed by atoms with Crippen molar-refractivity contribution in [1.82, 2.24) is 0 Å². The van der Waals surface area contributed by atoms with Crippen LogP contribution in [0, 0.1) is 0 Å². The number of anilines is 3. The van der Waals surface area contributed by atoms with Crippen molar-refractivity contribution in [2.45, 2.75) is 12.5 Å². The molecule has 7 nitrogen and oxygen atoms in total. The monoisotopic (exact) mass is 467 g/mol. The Hall–Kier alpha value is -4.78. The van der Waals surface area contributed by atoms with Crippen molar-refractivity contribution in [3.63, 3.8) is 0 Å². The van der Waals surface area contributed by atoms with Gasteiger partial charge in [-0.1, -0.05) is 66.7 Å². The number of phenols is 1. The molecule has 5 N–H and O–H groups in total. The molecule has 0 heterocycles. The van der Waals surface area contributed by atoms with Crippen LogP contribution in [0.5, 0.6) is 5.75 Å². The van der Waals surface area contributed by atoms with Gasteiger partial charge in [-0.15, -0.1) is 0 Å². The van der Waals surface area contributed by atoms with Gasteiger partial charge in [-0.25, -0.2) is 4.79 Å². The summed E-state index contributed by atoms with van der Waals surface area (Å²) in [5.41, 5.74) is 8.15. The van der Waals surface area contributed by atoms with Crippen LogP contribution in [0.2, 0.25) is 0 Å². The van der Waals surface area contributed by atoms with Crippen LogP contribution in [-0.4, -0.2) is 17.1 Å². The van der Waals surface area contributed by atoms with Crippen LogP contribution in [0.3, 0.4) is 0 Å². The number of carbonyl (C=O) groups is 2. The van der Waals surface area contributed by atoms with E-state index in [0.717, 1.165) is 10.8 Å². The van der Waals surface area contributed by atoms with Gasteiger partial charge in [-0.3, -0.25) is 10.1 Å². The molecule has 7 heteroatoms. The molecule has 2 amide bonds. The van der Waals surface area contributed by atoms with Crippen molar-refractivity contribution in [2.24, 2.45) is 0 Å². The number of hydrogen-bond acceptors (Lipinski definition) is 5. The lowest BCUT2D eigenvalue weighted by atomic mass is 10.1. The number of rotatable bonds is 7. The molecule has 0 saturated heterocycles. The Morgan fingerprint density at radius 1 is 0.857 bits per heavy atom. The summed E-state index contributed by atoms with van der Waals surface area (Å²) >= 11 is 0. The number of carbonyl (C=O) groups excluding carboxylic acids is 2. The van der Waals surface area contributed by atoms with Gasteiger partial charge in [0.05, 0.1) is 17.1 Å². The molecule has 0 aliphatic heterocycles. The van der Waals surface area contributed by atoms with E-state index in [4.69, 9.17) is 10.5 Å². The molecule has 35 heavy (non-hydrogen) atoms. The Morgan fingerprint density at radius 2 is 1.54 bits per heavy atom. The molecule has 4 aromatic carbocycles. The molecule has 176 valence electrons. The molecule has 0 fully saturated rings. The van der Waals surface area contributed by atoms with E-state index >= 15 is 0 Å². The number of nitrogen functional groups attached to an aromatic ring is 1. The maximum Gasteiger partial charge on any atom is 0.412 e. The van der Waals surface area contributed by atoms with E-state index in [-0.39, 0.29) is 18.1 Å². The second kappa shape index (κ2) is 10.9. The minimum Gasteiger partial charge on any atom is -0.508 e. The molecule has 0 aliphatic carbocycles. The minimum atomic E-state index is -0.684. The molecule has 0 bridgehead atoms. The van der Waals surface area contributed by atoms with Crippen LogP contribution in [-0.2, 0) is 9.53 Å². The highest BCUT2D eigenvalue weighted by Crippen LogP contribution is 2.27. The van der Waals surface area contributed by atoms with Crippen LogP contribution in [0.4, 0.5) is 21.9 Å². The zero-order valence-corrected chi connectivity index (χ0v) is 18.8. The number of nitrogens with one attached hydrogen (secondary N) is 2. The number of ether oxygens (including phenoxy) is 1. The van der Waals surface area contributed by atoms with Gasteiger partial charge in [-0.05, 0) is 47.4 Å². The van der Waals surface area contributed by atoms with Crippen molar-refractivity contribution in [3.8, 4) is 5.75 Å². The molecule has 4 aromatic rings. The second-order valence-corrected chi connectivity index (χ2v) is 7.85. The lowest BCUT2D eigenvalue weighted by molar-refractivity contribution is -0.111. The lowest BCUT2D eigenvalue weighted by Gasteiger charge is -2.18. The average molecular weight is 468 g/mol. The molecular weight excluding hydrogens is 442 g/mol. The van der Waals surface area contributed by atoms with Gasteiger partial charge < -0.3 is 20.9 Å². The number of phenolic OH excluding ortho intramolecular Hbond substituents is 1. The van der Waals surface area contributed by atoms with Crippen LogP contribution in [0.1, 0.15) is 18.1 Å². The first kappa shape index (κ1) is 23.4. The third-order valence-electron chi connectivity index (χ3n) is 5.38. The average Bonchev–Trinajstić information content (AvgIpc) is 2.85. The topological polar surface area (TPSA) is 114 Å². The smallest absolute Gasteiger partial charge is 0.412 e. The van der Waals surface area contributed by atoms with Crippen molar-refractivity contribution >= 4 is 39.8 Å². The van der Waals surface area contributed by atoms with Crippen LogP contribution in [0.15, 0.2) is 103 Å². The van der Waals surface area contributed by atoms with Crippen LogP contribution < -0.4 is 16.4 Å². The third-order valence-corrected chi connectivity index (χ3v) is 5.38. The number of amides is 2. The molecule has 0 spiro atoms. The first-order valence-corrected chi connectivity index (χ1v) is 11.1. The Kier molecular flexibility index (Phi) is 7.28. The maximum atomic E-state index is 12.8. The highest BCUT2D eigenvalue weighted by molar-refractivity contribution is 6.01. The lowest BCUT2D eigenvalue weighted by Crippen LogP contribution is -2.17. The van der Waals surface area contributed by atoms with E-state index in [2.05, 4.69) is 10.6 Å². The molecular formula is C28H25N3O4. The number of fused-ring (bicyclic) bond motifs is 1. The standard InChI is InChI=1S/C28H25N3O4/c29-23-10-3-4-11-25(23)30-27(33)14-6-13-26(20-15-17-21(32)18-16-20)35-28(34)31-24-12-5-8-19-7-1-2-9-22(19)24/h1-12,14-18,26,32H,13,29H2,(H,30,33)(H,31,34)/b14-6+/t26-/m1/s1. The Bertz CT molecular complexity index is 1360. The molecule has 1 atom stereocenters. The van der Waals surface area contributed by atoms with E-state index < -0.39 is 12.2 Å². The number of benzene rings is 4. The van der Waals surface area contributed by atoms with Gasteiger partial charge in [0.25, 0.3) is 0 Å². The molecule has 0 aliphatic rings. The van der Waals surface area contributed by atoms with Gasteiger partial charge in [0, 0.05) is 11.8 Å². The zero-order chi connectivity index (χ0) is 24.6. The summed E-state index contributed by atoms with van der Waals surface area (Å²) in [6, 6.07) is 26.7. The highest BCUT2D eigenvalue weighted by Gasteiger charge is 2.17. The molecule has 4 rings (SSSR count). The van der Waals surface area contributed by atoms with Crippen molar-refractivity contribution < 1.29 is 19.4 Å². The summed E-state index contributed by atoms with van der Waals surface area (Å²) in [6.45, 7) is 0. The number of hydrogen-bond donors (Lipinski definition) is 4. The van der Waals surface area contributed by atoms with Crippen molar-refractivity contribution in [2.75, 3.05) is 16.4 Å². The fourth-order valence-corrected chi connectivity index (χ4v) is 3.63. The molecule has 0 unspecified atom stereocenters. The quantitative estimate of drug-likeness (QED) is 0.197. The third kappa shape index (κ3) is 6.17. The SMILES string of the molecule is Nc1ccccc1NC(=O)/C=C/C[C@@H](OC(=O)Nc1cccc2ccccc12)c1ccc(O)cc1. The van der Waals surface area contributed by atoms with Gasteiger partial charge in [0.15, 0.2) is 0 Å². The van der Waals surface area contributed by atoms with E-state index in [9.17, 15) is 14.7 Å². The maximum absolute atomic E-state index is 12.8. The fourth-order valence-electron chi connectivity index (χ4n) is 3.63. The Morgan fingerprint density at radius 3 is 2.34 bits per heavy atom. The summed E-state index contributed by atoms with van der Waals surface area (Å²) in [4.78, 5) is 25.1. The number of aromatic hydroxyl groups is 1. The van der Waals surface area contributed by atoms with Gasteiger partial charge in [-0.2, -0.15) is 0 Å². The summed E-state index contributed by atoms with van der Waals surface area (Å²) in [7, 11) is 0. The van der Waals surface area contributed by atoms with Crippen molar-refractivity contribution in [3.05, 3.63) is 109 Å². The number of nitrogens with two attached hydrogens (primary N) is 1. The Balaban J connectivity index is 1.46. The molecule has 0 radical (unpaired) electrons. The summed E-state index contributed by atoms with van der Waals surface area (Å²) in [5.74, 6) is -0.254. The minimum absolute atomic E-state index is 0.100. The first-order valence-electron chi connectivity index (χ1n) is 11.1. The fraction of sp³-hybridized carbons (Fsp3) is 0.0714. The summed E-state index contributed by atoms with van der Waals surface area (Å²) in [5, 5.41) is 17.0. The molecule has 0 saturated carbocycles. The molecule has 0 aromatic heterocycles. The van der Waals surface area contributed by atoms with Gasteiger partial charge in [0.1, 0.15) is 11.9 Å². The highest BCUT2D eigenvalue weighted by atomic mass is 16.6. The first-order chi connectivity index (χ1) is 17.0. The zero-order valence-electron chi connectivity index (χ0n) is 18.8.